The zero-order valence-corrected chi connectivity index (χ0v) is 19.5. The first-order valence-electron chi connectivity index (χ1n) is 10.3. The minimum Gasteiger partial charge on any atom is -0.332 e. The van der Waals surface area contributed by atoms with Gasteiger partial charge in [-0.25, -0.2) is 0 Å². The molecule has 0 aliphatic heterocycles. The molecular formula is C26H27N3O2S. The Morgan fingerprint density at radius 1 is 0.750 bits per heavy atom. The van der Waals surface area contributed by atoms with Crippen molar-refractivity contribution in [3.63, 3.8) is 0 Å². The van der Waals surface area contributed by atoms with Crippen molar-refractivity contribution in [1.29, 1.82) is 0 Å². The van der Waals surface area contributed by atoms with Gasteiger partial charge in [-0.2, -0.15) is 0 Å². The number of aryl methyl sites for hydroxylation is 1. The van der Waals surface area contributed by atoms with E-state index < -0.39 is 0 Å². The van der Waals surface area contributed by atoms with Crippen LogP contribution in [-0.4, -0.2) is 16.9 Å². The second-order valence-corrected chi connectivity index (χ2v) is 9.04. The molecule has 5 nitrogen and oxygen atoms in total. The van der Waals surface area contributed by atoms with E-state index in [0.29, 0.717) is 22.5 Å². The van der Waals surface area contributed by atoms with E-state index in [0.717, 1.165) is 5.56 Å². The van der Waals surface area contributed by atoms with Gasteiger partial charge in [-0.15, -0.1) is 0 Å². The topological polar surface area (TPSA) is 70.2 Å². The van der Waals surface area contributed by atoms with E-state index in [1.165, 1.54) is 5.56 Å². The summed E-state index contributed by atoms with van der Waals surface area (Å²) >= 11 is 5.24. The van der Waals surface area contributed by atoms with Gasteiger partial charge in [0.25, 0.3) is 11.8 Å². The molecule has 0 saturated carbocycles. The third-order valence-electron chi connectivity index (χ3n) is 4.92. The summed E-state index contributed by atoms with van der Waals surface area (Å²) in [6.07, 6.45) is 0. The SMILES string of the molecule is Cc1cccc(C(=O)NC(=S)Nc2ccc(NC(=O)c3ccc(C(C)(C)C)cc3)cc2)c1. The highest BCUT2D eigenvalue weighted by Gasteiger charge is 2.14. The molecule has 0 heterocycles. The Morgan fingerprint density at radius 2 is 1.34 bits per heavy atom. The van der Waals surface area contributed by atoms with E-state index in [1.807, 2.05) is 43.3 Å². The molecule has 0 radical (unpaired) electrons. The Bertz CT molecular complexity index is 1130. The summed E-state index contributed by atoms with van der Waals surface area (Å²) < 4.78 is 0. The van der Waals surface area contributed by atoms with Crippen molar-refractivity contribution in [1.82, 2.24) is 5.32 Å². The molecular weight excluding hydrogens is 418 g/mol. The molecule has 3 N–H and O–H groups in total. The first-order valence-corrected chi connectivity index (χ1v) is 10.7. The van der Waals surface area contributed by atoms with Gasteiger partial charge in [-0.1, -0.05) is 50.6 Å². The van der Waals surface area contributed by atoms with E-state index in [-0.39, 0.29) is 22.3 Å². The van der Waals surface area contributed by atoms with Crippen LogP contribution in [0.4, 0.5) is 11.4 Å². The van der Waals surface area contributed by atoms with Crippen molar-refractivity contribution in [3.05, 3.63) is 95.1 Å². The van der Waals surface area contributed by atoms with Gasteiger partial charge in [-0.05, 0) is 78.7 Å². The van der Waals surface area contributed by atoms with Gasteiger partial charge >= 0.3 is 0 Å². The lowest BCUT2D eigenvalue weighted by Crippen LogP contribution is -2.34. The van der Waals surface area contributed by atoms with E-state index in [1.54, 1.807) is 36.4 Å². The van der Waals surface area contributed by atoms with E-state index in [9.17, 15) is 9.59 Å². The number of carbonyl (C=O) groups excluding carboxylic acids is 2. The Balaban J connectivity index is 1.56. The van der Waals surface area contributed by atoms with Gasteiger partial charge in [0.15, 0.2) is 5.11 Å². The van der Waals surface area contributed by atoms with Crippen LogP contribution in [0, 0.1) is 6.92 Å². The second kappa shape index (κ2) is 9.75. The van der Waals surface area contributed by atoms with Crippen LogP contribution in [-0.2, 0) is 5.41 Å². The van der Waals surface area contributed by atoms with Gasteiger partial charge in [0.2, 0.25) is 0 Å². The number of carbonyl (C=O) groups is 2. The minimum absolute atomic E-state index is 0.0396. The van der Waals surface area contributed by atoms with Crippen LogP contribution in [0.25, 0.3) is 0 Å². The largest absolute Gasteiger partial charge is 0.332 e. The number of hydrogen-bond acceptors (Lipinski definition) is 3. The van der Waals surface area contributed by atoms with Crippen LogP contribution >= 0.6 is 12.2 Å². The van der Waals surface area contributed by atoms with Crippen molar-refractivity contribution in [3.8, 4) is 0 Å². The number of hydrogen-bond donors (Lipinski definition) is 3. The summed E-state index contributed by atoms with van der Waals surface area (Å²) in [5, 5.41) is 8.73. The van der Waals surface area contributed by atoms with Crippen molar-refractivity contribution in [2.24, 2.45) is 0 Å². The van der Waals surface area contributed by atoms with Crippen LogP contribution in [0.3, 0.4) is 0 Å². The van der Waals surface area contributed by atoms with Crippen molar-refractivity contribution in [2.75, 3.05) is 10.6 Å². The summed E-state index contributed by atoms with van der Waals surface area (Å²) in [6, 6.07) is 22.0. The maximum absolute atomic E-state index is 12.5. The van der Waals surface area contributed by atoms with Crippen molar-refractivity contribution in [2.45, 2.75) is 33.1 Å². The summed E-state index contributed by atoms with van der Waals surface area (Å²) in [7, 11) is 0. The summed E-state index contributed by atoms with van der Waals surface area (Å²) in [4.78, 5) is 24.8. The molecule has 2 amide bonds. The number of amides is 2. The molecule has 0 unspecified atom stereocenters. The molecule has 3 aromatic rings. The van der Waals surface area contributed by atoms with Crippen LogP contribution in [0.1, 0.15) is 52.6 Å². The summed E-state index contributed by atoms with van der Waals surface area (Å²) in [6.45, 7) is 8.33. The number of rotatable bonds is 4. The number of anilines is 2. The summed E-state index contributed by atoms with van der Waals surface area (Å²) in [5.74, 6) is -0.445. The number of thiocarbonyl (C=S) groups is 1. The number of benzene rings is 3. The highest BCUT2D eigenvalue weighted by Crippen LogP contribution is 2.22. The molecule has 0 aliphatic carbocycles. The number of nitrogens with one attached hydrogen (secondary N) is 3. The fraction of sp³-hybridized carbons (Fsp3) is 0.192. The Hall–Kier alpha value is -3.51. The Labute approximate surface area is 194 Å². The van der Waals surface area contributed by atoms with Crippen molar-refractivity contribution >= 4 is 40.5 Å². The van der Waals surface area contributed by atoms with Crippen LogP contribution < -0.4 is 16.0 Å². The van der Waals surface area contributed by atoms with Crippen LogP contribution in [0.5, 0.6) is 0 Å². The highest BCUT2D eigenvalue weighted by atomic mass is 32.1. The lowest BCUT2D eigenvalue weighted by atomic mass is 9.87. The zero-order chi connectivity index (χ0) is 23.3. The van der Waals surface area contributed by atoms with E-state index >= 15 is 0 Å². The first-order chi connectivity index (χ1) is 15.1. The molecule has 0 aromatic heterocycles. The average Bonchev–Trinajstić information content (AvgIpc) is 2.74. The van der Waals surface area contributed by atoms with Gasteiger partial charge in [0, 0.05) is 22.5 Å². The molecule has 0 fully saturated rings. The zero-order valence-electron chi connectivity index (χ0n) is 18.7. The fourth-order valence-electron chi connectivity index (χ4n) is 3.09. The molecule has 32 heavy (non-hydrogen) atoms. The Morgan fingerprint density at radius 3 is 1.91 bits per heavy atom. The highest BCUT2D eigenvalue weighted by molar-refractivity contribution is 7.80. The van der Waals surface area contributed by atoms with Gasteiger partial charge in [-0.3, -0.25) is 14.9 Å². The lowest BCUT2D eigenvalue weighted by Gasteiger charge is -2.19. The molecule has 0 spiro atoms. The predicted molar refractivity (Wildman–Crippen MR) is 134 cm³/mol. The molecule has 0 bridgehead atoms. The fourth-order valence-corrected chi connectivity index (χ4v) is 3.30. The van der Waals surface area contributed by atoms with E-state index in [2.05, 4.69) is 36.7 Å². The molecule has 3 rings (SSSR count). The normalized spacial score (nSPS) is 10.9. The second-order valence-electron chi connectivity index (χ2n) is 8.64. The smallest absolute Gasteiger partial charge is 0.257 e. The minimum atomic E-state index is -0.271. The lowest BCUT2D eigenvalue weighted by molar-refractivity contribution is 0.0976. The quantitative estimate of drug-likeness (QED) is 0.453. The molecule has 0 saturated heterocycles. The third-order valence-corrected chi connectivity index (χ3v) is 5.13. The molecule has 3 aromatic carbocycles. The molecule has 164 valence electrons. The average molecular weight is 446 g/mol. The van der Waals surface area contributed by atoms with E-state index in [4.69, 9.17) is 12.2 Å². The monoisotopic (exact) mass is 445 g/mol. The van der Waals surface area contributed by atoms with Gasteiger partial charge in [0.1, 0.15) is 0 Å². The predicted octanol–water partition coefficient (Wildman–Crippen LogP) is 5.67. The first kappa shape index (κ1) is 23.2. The molecule has 6 heteroatoms. The third kappa shape index (κ3) is 6.25. The maximum Gasteiger partial charge on any atom is 0.257 e. The summed E-state index contributed by atoms with van der Waals surface area (Å²) in [5.41, 5.74) is 4.72. The van der Waals surface area contributed by atoms with Crippen molar-refractivity contribution < 1.29 is 9.59 Å². The molecule has 0 aliphatic rings. The standard InChI is InChI=1S/C26H27N3O2S/c1-17-6-5-7-19(16-17)24(31)29-25(32)28-22-14-12-21(13-15-22)27-23(30)18-8-10-20(11-9-18)26(2,3)4/h5-16H,1-4H3,(H,27,30)(H2,28,29,31,32). The maximum atomic E-state index is 12.5. The van der Waals surface area contributed by atoms with Crippen LogP contribution in [0.15, 0.2) is 72.8 Å². The van der Waals surface area contributed by atoms with Gasteiger partial charge < -0.3 is 10.6 Å². The molecule has 0 atom stereocenters. The van der Waals surface area contributed by atoms with Gasteiger partial charge in [0.05, 0.1) is 0 Å². The Kier molecular flexibility index (Phi) is 7.05. The van der Waals surface area contributed by atoms with Crippen LogP contribution in [0.2, 0.25) is 0 Å².